The molecule has 0 spiro atoms. The van der Waals surface area contributed by atoms with Gasteiger partial charge in [-0.2, -0.15) is 21.0 Å². The summed E-state index contributed by atoms with van der Waals surface area (Å²) in [4.78, 5) is 15.7. The molecule has 0 aromatic carbocycles. The van der Waals surface area contributed by atoms with E-state index in [0.717, 1.165) is 5.57 Å². The molecule has 0 aliphatic heterocycles. The van der Waals surface area contributed by atoms with Gasteiger partial charge in [0, 0.05) is 25.2 Å². The maximum atomic E-state index is 12.5. The first-order valence-corrected chi connectivity index (χ1v) is 12.8. The molecule has 0 aromatic heterocycles. The van der Waals surface area contributed by atoms with Crippen LogP contribution in [0.2, 0.25) is 0 Å². The fraction of sp³-hybridized carbons (Fsp3) is 0.500. The first-order chi connectivity index (χ1) is 18.4. The number of hydrogen-bond acceptors (Lipinski definition) is 7. The summed E-state index contributed by atoms with van der Waals surface area (Å²) >= 11 is 0. The van der Waals surface area contributed by atoms with Crippen LogP contribution in [0.5, 0.6) is 0 Å². The van der Waals surface area contributed by atoms with E-state index >= 15 is 0 Å². The summed E-state index contributed by atoms with van der Waals surface area (Å²) in [5.41, 5.74) is 2.72. The Bertz CT molecular complexity index is 1380. The molecule has 2 aliphatic rings. The Kier molecular flexibility index (Phi) is 10.2. The standard InChI is InChI=1S/C30H32N8O/c1-29(2)11-20(24(17-33)22(12-29)21(15-31)16-32)7-6-9-38-28(39)8-10-37-26-14-30(3,4)13-23(25(26)18-34)27(19-35)36-5/h37H,6-14H2,1-4H3,(H,38,39)/b27-23+. The van der Waals surface area contributed by atoms with E-state index in [2.05, 4.69) is 27.6 Å². The van der Waals surface area contributed by atoms with Gasteiger partial charge in [0.15, 0.2) is 0 Å². The number of hydrogen-bond donors (Lipinski definition) is 2. The zero-order chi connectivity index (χ0) is 29.2. The average molecular weight is 521 g/mol. The van der Waals surface area contributed by atoms with E-state index in [0.29, 0.717) is 79.6 Å². The van der Waals surface area contributed by atoms with Gasteiger partial charge in [0.1, 0.15) is 17.7 Å². The Morgan fingerprint density at radius 2 is 1.49 bits per heavy atom. The van der Waals surface area contributed by atoms with Crippen LogP contribution in [0.3, 0.4) is 0 Å². The zero-order valence-electron chi connectivity index (χ0n) is 23.0. The van der Waals surface area contributed by atoms with Crippen LogP contribution in [-0.2, 0) is 4.79 Å². The third-order valence-electron chi connectivity index (χ3n) is 6.84. The molecule has 0 saturated carbocycles. The lowest BCUT2D eigenvalue weighted by Crippen LogP contribution is -2.31. The van der Waals surface area contributed by atoms with Gasteiger partial charge in [0.2, 0.25) is 5.91 Å². The third-order valence-corrected chi connectivity index (χ3v) is 6.84. The fourth-order valence-electron chi connectivity index (χ4n) is 5.21. The summed E-state index contributed by atoms with van der Waals surface area (Å²) in [5, 5.41) is 53.5. The van der Waals surface area contributed by atoms with Crippen molar-refractivity contribution in [3.05, 3.63) is 56.2 Å². The topological polar surface area (TPSA) is 164 Å². The van der Waals surface area contributed by atoms with E-state index in [1.807, 2.05) is 45.9 Å². The molecule has 0 heterocycles. The highest BCUT2D eigenvalue weighted by Crippen LogP contribution is 2.44. The molecule has 39 heavy (non-hydrogen) atoms. The van der Waals surface area contributed by atoms with Crippen molar-refractivity contribution in [3.8, 4) is 30.3 Å². The number of rotatable bonds is 8. The number of nitriles is 5. The summed E-state index contributed by atoms with van der Waals surface area (Å²) in [5.74, 6) is -0.165. The van der Waals surface area contributed by atoms with Crippen molar-refractivity contribution in [2.75, 3.05) is 13.1 Å². The second-order valence-corrected chi connectivity index (χ2v) is 11.3. The van der Waals surface area contributed by atoms with Gasteiger partial charge >= 0.3 is 0 Å². The van der Waals surface area contributed by atoms with Gasteiger partial charge in [-0.1, -0.05) is 33.3 Å². The second kappa shape index (κ2) is 13.1. The maximum Gasteiger partial charge on any atom is 0.266 e. The Morgan fingerprint density at radius 1 is 0.872 bits per heavy atom. The van der Waals surface area contributed by atoms with Crippen LogP contribution in [0.15, 0.2) is 44.8 Å². The fourth-order valence-corrected chi connectivity index (χ4v) is 5.21. The van der Waals surface area contributed by atoms with Crippen LogP contribution in [-0.4, -0.2) is 19.0 Å². The van der Waals surface area contributed by atoms with Crippen molar-refractivity contribution in [3.63, 3.8) is 0 Å². The Hall–Kier alpha value is -4.83. The van der Waals surface area contributed by atoms with Gasteiger partial charge in [-0.25, -0.2) is 10.1 Å². The summed E-state index contributed by atoms with van der Waals surface area (Å²) in [6, 6.07) is 10.0. The predicted octanol–water partition coefficient (Wildman–Crippen LogP) is 5.14. The van der Waals surface area contributed by atoms with Crippen molar-refractivity contribution in [2.45, 2.75) is 72.6 Å². The molecule has 0 fully saturated rings. The Labute approximate surface area is 230 Å². The lowest BCUT2D eigenvalue weighted by atomic mass is 9.70. The first-order valence-electron chi connectivity index (χ1n) is 12.8. The number of allylic oxidation sites excluding steroid dienone is 8. The monoisotopic (exact) mass is 520 g/mol. The maximum absolute atomic E-state index is 12.5. The lowest BCUT2D eigenvalue weighted by molar-refractivity contribution is -0.120. The van der Waals surface area contributed by atoms with Gasteiger partial charge in [-0.3, -0.25) is 4.79 Å². The SMILES string of the molecule is [C-]#[N+]/C(C#N)=C1\CC(C)(C)CC(NCCC(=O)NCCCC2=C(C#N)C(=C(C#N)C#N)CC(C)(C)C2)=C1C#N. The van der Waals surface area contributed by atoms with Gasteiger partial charge in [0.25, 0.3) is 5.70 Å². The molecule has 0 unspecified atom stereocenters. The zero-order valence-corrected chi connectivity index (χ0v) is 23.0. The number of nitrogens with zero attached hydrogens (tertiary/aromatic N) is 6. The summed E-state index contributed by atoms with van der Waals surface area (Å²) in [7, 11) is 0. The Balaban J connectivity index is 2.00. The van der Waals surface area contributed by atoms with Gasteiger partial charge < -0.3 is 10.6 Å². The van der Waals surface area contributed by atoms with Gasteiger partial charge in [0.05, 0.1) is 35.9 Å². The quantitative estimate of drug-likeness (QED) is 0.254. The largest absolute Gasteiger partial charge is 0.387 e. The van der Waals surface area contributed by atoms with Crippen molar-refractivity contribution in [2.24, 2.45) is 10.8 Å². The molecule has 198 valence electrons. The van der Waals surface area contributed by atoms with Crippen molar-refractivity contribution in [1.82, 2.24) is 10.6 Å². The summed E-state index contributed by atoms with van der Waals surface area (Å²) in [6.07, 6.45) is 3.56. The predicted molar refractivity (Wildman–Crippen MR) is 144 cm³/mol. The number of nitrogens with one attached hydrogen (secondary N) is 2. The van der Waals surface area contributed by atoms with Crippen LogP contribution in [0.1, 0.15) is 72.6 Å². The minimum Gasteiger partial charge on any atom is -0.387 e. The van der Waals surface area contributed by atoms with E-state index in [9.17, 15) is 31.1 Å². The first kappa shape index (κ1) is 30.4. The van der Waals surface area contributed by atoms with E-state index in [1.165, 1.54) is 0 Å². The molecule has 9 nitrogen and oxygen atoms in total. The highest BCUT2D eigenvalue weighted by Gasteiger charge is 2.33. The molecule has 1 amide bonds. The number of carbonyl (C=O) groups excluding carboxylic acids is 1. The van der Waals surface area contributed by atoms with Crippen LogP contribution in [0, 0.1) is 74.1 Å². The molecule has 0 radical (unpaired) electrons. The lowest BCUT2D eigenvalue weighted by Gasteiger charge is -2.33. The molecule has 2 N–H and O–H groups in total. The van der Waals surface area contributed by atoms with Crippen LogP contribution < -0.4 is 10.6 Å². The molecular formula is C30H32N8O. The number of amides is 1. The molecule has 0 bridgehead atoms. The molecule has 0 atom stereocenters. The van der Waals surface area contributed by atoms with E-state index in [-0.39, 0.29) is 34.4 Å². The highest BCUT2D eigenvalue weighted by atomic mass is 16.1. The Morgan fingerprint density at radius 3 is 2.05 bits per heavy atom. The van der Waals surface area contributed by atoms with Crippen molar-refractivity contribution in [1.29, 1.82) is 26.3 Å². The number of carbonyl (C=O) groups is 1. The normalized spacial score (nSPS) is 18.8. The van der Waals surface area contributed by atoms with Crippen molar-refractivity contribution >= 4 is 5.91 Å². The third kappa shape index (κ3) is 7.83. The van der Waals surface area contributed by atoms with Crippen LogP contribution in [0.4, 0.5) is 0 Å². The van der Waals surface area contributed by atoms with E-state index < -0.39 is 0 Å². The van der Waals surface area contributed by atoms with Crippen LogP contribution in [0.25, 0.3) is 4.85 Å². The molecule has 9 heteroatoms. The van der Waals surface area contributed by atoms with E-state index in [1.54, 1.807) is 0 Å². The average Bonchev–Trinajstić information content (AvgIpc) is 2.87. The molecule has 0 aromatic rings. The summed E-state index contributed by atoms with van der Waals surface area (Å²) < 4.78 is 0. The second-order valence-electron chi connectivity index (χ2n) is 11.3. The minimum atomic E-state index is -0.242. The summed E-state index contributed by atoms with van der Waals surface area (Å²) in [6.45, 7) is 16.1. The van der Waals surface area contributed by atoms with Gasteiger partial charge in [-0.05, 0) is 60.5 Å². The highest BCUT2D eigenvalue weighted by molar-refractivity contribution is 5.76. The smallest absolute Gasteiger partial charge is 0.266 e. The molecular weight excluding hydrogens is 488 g/mol. The van der Waals surface area contributed by atoms with Crippen molar-refractivity contribution < 1.29 is 4.79 Å². The molecule has 2 rings (SSSR count). The minimum absolute atomic E-state index is 0.0193. The van der Waals surface area contributed by atoms with Crippen LogP contribution >= 0.6 is 0 Å². The van der Waals surface area contributed by atoms with Gasteiger partial charge in [-0.15, -0.1) is 0 Å². The van der Waals surface area contributed by atoms with E-state index in [4.69, 9.17) is 6.57 Å². The molecule has 0 saturated heterocycles. The molecule has 2 aliphatic carbocycles.